The van der Waals surface area contributed by atoms with Gasteiger partial charge in [0.1, 0.15) is 11.4 Å². The van der Waals surface area contributed by atoms with E-state index in [4.69, 9.17) is 0 Å². The third kappa shape index (κ3) is 2.14. The fourth-order valence-corrected chi connectivity index (χ4v) is 2.68. The monoisotopic (exact) mass is 260 g/mol. The highest BCUT2D eigenvalue weighted by Crippen LogP contribution is 2.31. The third-order valence-corrected chi connectivity index (χ3v) is 3.74. The van der Waals surface area contributed by atoms with E-state index in [0.29, 0.717) is 24.3 Å². The summed E-state index contributed by atoms with van der Waals surface area (Å²) in [6.45, 7) is 0. The Morgan fingerprint density at radius 3 is 2.84 bits per heavy atom. The van der Waals surface area contributed by atoms with E-state index in [-0.39, 0.29) is 0 Å². The number of carboxylic acids is 1. The maximum atomic E-state index is 11.6. The van der Waals surface area contributed by atoms with Gasteiger partial charge < -0.3 is 10.4 Å². The Kier molecular flexibility index (Phi) is 2.85. The summed E-state index contributed by atoms with van der Waals surface area (Å²) in [7, 11) is 0. The third-order valence-electron chi connectivity index (χ3n) is 3.74. The summed E-state index contributed by atoms with van der Waals surface area (Å²) in [5, 5.41) is 16.7. The quantitative estimate of drug-likeness (QED) is 0.881. The average molecular weight is 260 g/mol. The predicted molar refractivity (Wildman–Crippen MR) is 70.1 cm³/mol. The van der Waals surface area contributed by atoms with Gasteiger partial charge in [-0.05, 0) is 18.9 Å². The van der Waals surface area contributed by atoms with Crippen LogP contribution in [0, 0.1) is 0 Å². The van der Waals surface area contributed by atoms with Gasteiger partial charge >= 0.3 is 5.97 Å². The van der Waals surface area contributed by atoms with Gasteiger partial charge in [-0.25, -0.2) is 14.3 Å². The van der Waals surface area contributed by atoms with Crippen LogP contribution in [0.2, 0.25) is 0 Å². The molecule has 1 saturated carbocycles. The standard InChI is InChI=1S/C13H16N4O2/c18-12(19)13(6-2-1-3-7-13)16-10-5-9-17-11(15-10)4-8-14-17/h4-5,8-9H,1-3,6-7H2,(H,15,16)(H,18,19). The zero-order chi connectivity index (χ0) is 13.3. The van der Waals surface area contributed by atoms with Gasteiger partial charge in [0, 0.05) is 12.3 Å². The van der Waals surface area contributed by atoms with Crippen LogP contribution in [0.4, 0.5) is 5.82 Å². The number of anilines is 1. The van der Waals surface area contributed by atoms with Crippen LogP contribution in [0.25, 0.3) is 5.65 Å². The molecule has 0 aromatic carbocycles. The Labute approximate surface area is 110 Å². The van der Waals surface area contributed by atoms with Crippen LogP contribution in [0.3, 0.4) is 0 Å². The Balaban J connectivity index is 1.90. The first-order valence-electron chi connectivity index (χ1n) is 6.52. The van der Waals surface area contributed by atoms with E-state index in [1.54, 1.807) is 29.0 Å². The van der Waals surface area contributed by atoms with Crippen LogP contribution in [-0.2, 0) is 4.79 Å². The summed E-state index contributed by atoms with van der Waals surface area (Å²) < 4.78 is 1.65. The topological polar surface area (TPSA) is 79.5 Å². The fourth-order valence-electron chi connectivity index (χ4n) is 2.68. The minimum absolute atomic E-state index is 0.595. The molecule has 0 atom stereocenters. The SMILES string of the molecule is O=C(O)C1(Nc2ccn3nccc3n2)CCCCC1. The molecular formula is C13H16N4O2. The van der Waals surface area contributed by atoms with Crippen LogP contribution in [0.1, 0.15) is 32.1 Å². The van der Waals surface area contributed by atoms with E-state index in [0.717, 1.165) is 19.3 Å². The van der Waals surface area contributed by atoms with Crippen molar-refractivity contribution in [2.45, 2.75) is 37.6 Å². The second-order valence-corrected chi connectivity index (χ2v) is 5.02. The molecule has 0 saturated heterocycles. The Morgan fingerprint density at radius 2 is 2.11 bits per heavy atom. The van der Waals surface area contributed by atoms with E-state index < -0.39 is 11.5 Å². The van der Waals surface area contributed by atoms with Crippen LogP contribution in [-0.4, -0.2) is 31.2 Å². The van der Waals surface area contributed by atoms with Gasteiger partial charge in [0.25, 0.3) is 0 Å². The van der Waals surface area contributed by atoms with Crippen molar-refractivity contribution >= 4 is 17.4 Å². The van der Waals surface area contributed by atoms with E-state index >= 15 is 0 Å². The molecule has 2 aromatic rings. The van der Waals surface area contributed by atoms with E-state index in [9.17, 15) is 9.90 Å². The zero-order valence-corrected chi connectivity index (χ0v) is 10.5. The van der Waals surface area contributed by atoms with Crippen LogP contribution in [0.15, 0.2) is 24.5 Å². The molecule has 2 heterocycles. The molecule has 2 aromatic heterocycles. The Morgan fingerprint density at radius 1 is 1.32 bits per heavy atom. The summed E-state index contributed by atoms with van der Waals surface area (Å²) in [6, 6.07) is 3.55. The lowest BCUT2D eigenvalue weighted by Gasteiger charge is -2.34. The number of nitrogens with one attached hydrogen (secondary N) is 1. The van der Waals surface area contributed by atoms with Gasteiger partial charge in [-0.3, -0.25) is 0 Å². The second-order valence-electron chi connectivity index (χ2n) is 5.02. The lowest BCUT2D eigenvalue weighted by atomic mass is 9.81. The van der Waals surface area contributed by atoms with Gasteiger partial charge in [0.15, 0.2) is 5.65 Å². The molecule has 6 nitrogen and oxygen atoms in total. The molecule has 1 aliphatic carbocycles. The van der Waals surface area contributed by atoms with Crippen molar-refractivity contribution in [3.05, 3.63) is 24.5 Å². The fraction of sp³-hybridized carbons (Fsp3) is 0.462. The van der Waals surface area contributed by atoms with E-state index in [2.05, 4.69) is 15.4 Å². The van der Waals surface area contributed by atoms with Crippen LogP contribution < -0.4 is 5.32 Å². The number of hydrogen-bond donors (Lipinski definition) is 2. The lowest BCUT2D eigenvalue weighted by Crippen LogP contribution is -2.48. The van der Waals surface area contributed by atoms with Gasteiger partial charge in [0.2, 0.25) is 0 Å². The molecular weight excluding hydrogens is 244 g/mol. The molecule has 6 heteroatoms. The first-order chi connectivity index (χ1) is 9.20. The smallest absolute Gasteiger partial charge is 0.329 e. The number of nitrogens with zero attached hydrogens (tertiary/aromatic N) is 3. The molecule has 0 bridgehead atoms. The van der Waals surface area contributed by atoms with Gasteiger partial charge in [0.05, 0.1) is 6.20 Å². The van der Waals surface area contributed by atoms with E-state index in [1.165, 1.54) is 0 Å². The summed E-state index contributed by atoms with van der Waals surface area (Å²) in [6.07, 6.45) is 7.72. The summed E-state index contributed by atoms with van der Waals surface area (Å²) >= 11 is 0. The molecule has 2 N–H and O–H groups in total. The normalized spacial score (nSPS) is 18.3. The number of carboxylic acid groups (broad SMARTS) is 1. The minimum Gasteiger partial charge on any atom is -0.480 e. The highest BCUT2D eigenvalue weighted by Gasteiger charge is 2.39. The maximum Gasteiger partial charge on any atom is 0.329 e. The minimum atomic E-state index is -0.871. The Bertz CT molecular complexity index is 601. The molecule has 0 unspecified atom stereocenters. The Hall–Kier alpha value is -2.11. The summed E-state index contributed by atoms with van der Waals surface area (Å²) in [4.78, 5) is 16.0. The summed E-state index contributed by atoms with van der Waals surface area (Å²) in [5.74, 6) is -0.195. The number of aromatic nitrogens is 3. The lowest BCUT2D eigenvalue weighted by molar-refractivity contribution is -0.143. The zero-order valence-electron chi connectivity index (χ0n) is 10.5. The summed E-state index contributed by atoms with van der Waals surface area (Å²) in [5.41, 5.74) is -0.162. The molecule has 1 fully saturated rings. The highest BCUT2D eigenvalue weighted by atomic mass is 16.4. The molecule has 19 heavy (non-hydrogen) atoms. The van der Waals surface area contributed by atoms with Crippen molar-refractivity contribution in [1.29, 1.82) is 0 Å². The second kappa shape index (κ2) is 4.53. The average Bonchev–Trinajstić information content (AvgIpc) is 2.87. The number of fused-ring (bicyclic) bond motifs is 1. The van der Waals surface area contributed by atoms with Gasteiger partial charge in [-0.2, -0.15) is 5.10 Å². The van der Waals surface area contributed by atoms with Crippen molar-refractivity contribution in [2.24, 2.45) is 0 Å². The predicted octanol–water partition coefficient (Wildman–Crippen LogP) is 1.93. The van der Waals surface area contributed by atoms with Gasteiger partial charge in [-0.15, -0.1) is 0 Å². The van der Waals surface area contributed by atoms with Crippen molar-refractivity contribution < 1.29 is 9.90 Å². The molecule has 0 spiro atoms. The van der Waals surface area contributed by atoms with Crippen molar-refractivity contribution in [3.63, 3.8) is 0 Å². The molecule has 0 radical (unpaired) electrons. The number of rotatable bonds is 3. The van der Waals surface area contributed by atoms with Crippen molar-refractivity contribution in [3.8, 4) is 0 Å². The maximum absolute atomic E-state index is 11.6. The molecule has 1 aliphatic rings. The highest BCUT2D eigenvalue weighted by molar-refractivity contribution is 5.82. The van der Waals surface area contributed by atoms with E-state index in [1.807, 2.05) is 0 Å². The number of aliphatic carboxylic acids is 1. The first kappa shape index (κ1) is 12.0. The molecule has 0 aliphatic heterocycles. The molecule has 100 valence electrons. The number of carbonyl (C=O) groups is 1. The van der Waals surface area contributed by atoms with Gasteiger partial charge in [-0.1, -0.05) is 19.3 Å². The molecule has 3 rings (SSSR count). The largest absolute Gasteiger partial charge is 0.480 e. The van der Waals surface area contributed by atoms with Crippen LogP contribution >= 0.6 is 0 Å². The molecule has 0 amide bonds. The van der Waals surface area contributed by atoms with Crippen molar-refractivity contribution in [1.82, 2.24) is 14.6 Å². The van der Waals surface area contributed by atoms with Crippen LogP contribution in [0.5, 0.6) is 0 Å². The first-order valence-corrected chi connectivity index (χ1v) is 6.52. The van der Waals surface area contributed by atoms with Crippen molar-refractivity contribution in [2.75, 3.05) is 5.32 Å². The number of hydrogen-bond acceptors (Lipinski definition) is 4.